The maximum atomic E-state index is 6.89. The van der Waals surface area contributed by atoms with E-state index >= 15 is 0 Å². The third kappa shape index (κ3) is 6.03. The highest BCUT2D eigenvalue weighted by molar-refractivity contribution is 7.93. The second kappa shape index (κ2) is 13.2. The van der Waals surface area contributed by atoms with Gasteiger partial charge in [-0.1, -0.05) is 103 Å². The molecule has 0 saturated carbocycles. The van der Waals surface area contributed by atoms with Crippen LogP contribution < -0.4 is 37.6 Å². The number of hydrogen-bond acceptors (Lipinski definition) is 2. The predicted octanol–water partition coefficient (Wildman–Crippen LogP) is 5.08. The van der Waals surface area contributed by atoms with Gasteiger partial charge in [0.25, 0.3) is 0 Å². The third-order valence-electron chi connectivity index (χ3n) is 6.54. The van der Waals surface area contributed by atoms with E-state index < -0.39 is 7.41 Å². The van der Waals surface area contributed by atoms with Crippen LogP contribution in [0, 0.1) is 0 Å². The first-order valence-corrected chi connectivity index (χ1v) is 14.7. The lowest BCUT2D eigenvalue weighted by molar-refractivity contribution is -0.00000771. The van der Waals surface area contributed by atoms with Crippen LogP contribution in [0.2, 0.25) is 5.02 Å². The summed E-state index contributed by atoms with van der Waals surface area (Å²) in [6.07, 6.45) is 4.28. The van der Waals surface area contributed by atoms with Gasteiger partial charge < -0.3 is 21.7 Å². The largest absolute Gasteiger partial charge is 1.00 e. The molecule has 0 fully saturated rings. The SMILES string of the molecule is CN(C)[P+](c1ccccc1)(c1ccccc1)c1ccc(Cl)c(Oc2ccccc2)c1C=Cc1ccccc1.[Br-]. The summed E-state index contributed by atoms with van der Waals surface area (Å²) in [6.45, 7) is 0. The predicted molar refractivity (Wildman–Crippen MR) is 166 cm³/mol. The van der Waals surface area contributed by atoms with E-state index in [2.05, 4.69) is 110 Å². The Labute approximate surface area is 247 Å². The molecule has 5 rings (SSSR count). The average molecular weight is 615 g/mol. The number of para-hydroxylation sites is 1. The Kier molecular flexibility index (Phi) is 9.78. The molecule has 39 heavy (non-hydrogen) atoms. The van der Waals surface area contributed by atoms with Crippen LogP contribution in [-0.4, -0.2) is 18.8 Å². The van der Waals surface area contributed by atoms with Crippen molar-refractivity contribution in [2.75, 3.05) is 14.1 Å². The molecule has 196 valence electrons. The molecule has 5 heteroatoms. The summed E-state index contributed by atoms with van der Waals surface area (Å²) in [5.41, 5.74) is 2.08. The molecular formula is C34H30BrClNOP. The first-order chi connectivity index (χ1) is 18.6. The molecule has 0 bridgehead atoms. The summed E-state index contributed by atoms with van der Waals surface area (Å²) >= 11 is 6.89. The van der Waals surface area contributed by atoms with Gasteiger partial charge >= 0.3 is 0 Å². The fraction of sp³-hybridized carbons (Fsp3) is 0.0588. The number of benzene rings is 5. The average Bonchev–Trinajstić information content (AvgIpc) is 2.96. The molecule has 0 amide bonds. The van der Waals surface area contributed by atoms with Crippen LogP contribution in [0.3, 0.4) is 0 Å². The Balaban J connectivity index is 0.00000353. The van der Waals surface area contributed by atoms with Gasteiger partial charge in [0.1, 0.15) is 21.7 Å². The quantitative estimate of drug-likeness (QED) is 0.179. The molecule has 0 radical (unpaired) electrons. The van der Waals surface area contributed by atoms with Gasteiger partial charge in [-0.15, -0.1) is 0 Å². The molecule has 0 spiro atoms. The normalized spacial score (nSPS) is 11.4. The lowest BCUT2D eigenvalue weighted by Crippen LogP contribution is -3.00. The van der Waals surface area contributed by atoms with Crippen molar-refractivity contribution < 1.29 is 21.7 Å². The van der Waals surface area contributed by atoms with Crippen LogP contribution in [-0.2, 0) is 0 Å². The van der Waals surface area contributed by atoms with E-state index in [4.69, 9.17) is 16.3 Å². The number of ether oxygens (including phenoxy) is 1. The minimum atomic E-state index is -2.29. The van der Waals surface area contributed by atoms with Crippen LogP contribution in [0.5, 0.6) is 11.5 Å². The topological polar surface area (TPSA) is 12.5 Å². The molecule has 0 aromatic heterocycles. The minimum Gasteiger partial charge on any atom is -1.00 e. The second-order valence-corrected chi connectivity index (χ2v) is 13.1. The first-order valence-electron chi connectivity index (χ1n) is 12.6. The molecular weight excluding hydrogens is 585 g/mol. The highest BCUT2D eigenvalue weighted by Gasteiger charge is 2.50. The van der Waals surface area contributed by atoms with Crippen LogP contribution >= 0.6 is 19.0 Å². The zero-order valence-corrected chi connectivity index (χ0v) is 25.2. The summed E-state index contributed by atoms with van der Waals surface area (Å²) in [6, 6.07) is 45.8. The van der Waals surface area contributed by atoms with Gasteiger partial charge in [0.05, 0.1) is 10.6 Å². The molecule has 2 nitrogen and oxygen atoms in total. The first kappa shape index (κ1) is 28.8. The van der Waals surface area contributed by atoms with Crippen molar-refractivity contribution in [3.05, 3.63) is 150 Å². The van der Waals surface area contributed by atoms with E-state index in [1.807, 2.05) is 54.6 Å². The van der Waals surface area contributed by atoms with Gasteiger partial charge in [-0.25, -0.2) is 0 Å². The Morgan fingerprint density at radius 2 is 1.10 bits per heavy atom. The Morgan fingerprint density at radius 3 is 1.62 bits per heavy atom. The highest BCUT2D eigenvalue weighted by Crippen LogP contribution is 2.59. The molecule has 0 unspecified atom stereocenters. The molecule has 5 aromatic rings. The summed E-state index contributed by atoms with van der Waals surface area (Å²) in [5.74, 6) is 1.40. The van der Waals surface area contributed by atoms with Crippen molar-refractivity contribution in [3.8, 4) is 11.5 Å². The summed E-state index contributed by atoms with van der Waals surface area (Å²) < 4.78 is 8.91. The van der Waals surface area contributed by atoms with Crippen molar-refractivity contribution in [1.29, 1.82) is 0 Å². The van der Waals surface area contributed by atoms with Crippen molar-refractivity contribution in [2.45, 2.75) is 0 Å². The van der Waals surface area contributed by atoms with E-state index in [0.717, 1.165) is 16.9 Å². The number of nitrogens with zero attached hydrogens (tertiary/aromatic N) is 1. The highest BCUT2D eigenvalue weighted by atomic mass is 79.9. The summed E-state index contributed by atoms with van der Waals surface area (Å²) in [5, 5.41) is 4.28. The van der Waals surface area contributed by atoms with E-state index in [1.54, 1.807) is 0 Å². The smallest absolute Gasteiger partial charge is 0.181 e. The second-order valence-electron chi connectivity index (χ2n) is 9.12. The molecule has 0 heterocycles. The monoisotopic (exact) mass is 613 g/mol. The Hall–Kier alpha value is -3.20. The zero-order chi connectivity index (χ0) is 26.4. The van der Waals surface area contributed by atoms with Crippen LogP contribution in [0.15, 0.2) is 133 Å². The van der Waals surface area contributed by atoms with Gasteiger partial charge in [0.15, 0.2) is 13.2 Å². The van der Waals surface area contributed by atoms with Gasteiger partial charge in [-0.2, -0.15) is 4.67 Å². The molecule has 0 aliphatic rings. The van der Waals surface area contributed by atoms with E-state index in [9.17, 15) is 0 Å². The third-order valence-corrected chi connectivity index (χ3v) is 11.2. The van der Waals surface area contributed by atoms with E-state index in [-0.39, 0.29) is 17.0 Å². The van der Waals surface area contributed by atoms with Gasteiger partial charge in [-0.05, 0) is 60.2 Å². The van der Waals surface area contributed by atoms with Crippen LogP contribution in [0.25, 0.3) is 12.2 Å². The number of halogens is 2. The molecule has 0 N–H and O–H groups in total. The molecule has 0 saturated heterocycles. The maximum Gasteiger partial charge on any atom is 0.181 e. The fourth-order valence-corrected chi connectivity index (χ4v) is 9.29. The van der Waals surface area contributed by atoms with Gasteiger partial charge in [0, 0.05) is 14.1 Å². The van der Waals surface area contributed by atoms with Crippen LogP contribution in [0.4, 0.5) is 0 Å². The summed E-state index contributed by atoms with van der Waals surface area (Å²) in [4.78, 5) is 0. The lowest BCUT2D eigenvalue weighted by atomic mass is 10.1. The lowest BCUT2D eigenvalue weighted by Gasteiger charge is -2.33. The molecule has 0 aliphatic heterocycles. The van der Waals surface area contributed by atoms with Crippen molar-refractivity contribution in [2.24, 2.45) is 0 Å². The molecule has 5 aromatic carbocycles. The Bertz CT molecular complexity index is 1470. The minimum absolute atomic E-state index is 0. The van der Waals surface area contributed by atoms with Crippen LogP contribution in [0.1, 0.15) is 11.1 Å². The van der Waals surface area contributed by atoms with Crippen molar-refractivity contribution in [1.82, 2.24) is 4.67 Å². The summed E-state index contributed by atoms with van der Waals surface area (Å²) in [7, 11) is 2.05. The van der Waals surface area contributed by atoms with E-state index in [0.29, 0.717) is 10.8 Å². The standard InChI is InChI=1S/C34H30ClNOP.BrH/c1-36(2)38(29-19-11-5-12-20-29,30-21-13-6-14-22-30)33-26-25-32(35)34(37-28-17-9-4-10-18-28)31(33)24-23-27-15-7-3-8-16-27;/h3-26H,1-2H3;1H/q+1;/p-1. The maximum absolute atomic E-state index is 6.89. The zero-order valence-electron chi connectivity index (χ0n) is 21.9. The van der Waals surface area contributed by atoms with Crippen molar-refractivity contribution in [3.63, 3.8) is 0 Å². The fourth-order valence-electron chi connectivity index (χ4n) is 4.85. The van der Waals surface area contributed by atoms with Gasteiger partial charge in [0.2, 0.25) is 0 Å². The van der Waals surface area contributed by atoms with E-state index in [1.165, 1.54) is 15.9 Å². The van der Waals surface area contributed by atoms with Crippen molar-refractivity contribution >= 4 is 47.1 Å². The molecule has 0 atom stereocenters. The number of rotatable bonds is 8. The number of hydrogen-bond donors (Lipinski definition) is 0. The molecule has 0 aliphatic carbocycles. The Morgan fingerprint density at radius 1 is 0.615 bits per heavy atom. The van der Waals surface area contributed by atoms with Gasteiger partial charge in [-0.3, -0.25) is 0 Å².